The normalized spacial score (nSPS) is 14.3. The molecule has 42 heavy (non-hydrogen) atoms. The Kier molecular flexibility index (Phi) is 10.9. The second-order valence-corrected chi connectivity index (χ2v) is 12.6. The summed E-state index contributed by atoms with van der Waals surface area (Å²) in [5.41, 5.74) is 1.06. The Bertz CT molecular complexity index is 1440. The Morgan fingerprint density at radius 1 is 0.952 bits per heavy atom. The lowest BCUT2D eigenvalue weighted by Gasteiger charge is -2.34. The van der Waals surface area contributed by atoms with Gasteiger partial charge in [0.15, 0.2) is 0 Å². The van der Waals surface area contributed by atoms with Gasteiger partial charge in [0.25, 0.3) is 10.0 Å². The quantitative estimate of drug-likeness (QED) is 0.264. The second kappa shape index (κ2) is 14.6. The van der Waals surface area contributed by atoms with Gasteiger partial charge in [0.05, 0.1) is 17.2 Å². The third kappa shape index (κ3) is 7.63. The number of nitrogens with one attached hydrogen (secondary N) is 1. The summed E-state index contributed by atoms with van der Waals surface area (Å²) in [6, 6.07) is 21.2. The lowest BCUT2D eigenvalue weighted by Crippen LogP contribution is -2.53. The Morgan fingerprint density at radius 2 is 1.60 bits per heavy atom. The van der Waals surface area contributed by atoms with Crippen LogP contribution in [0.15, 0.2) is 83.8 Å². The number of hydrogen-bond donors (Lipinski definition) is 1. The van der Waals surface area contributed by atoms with E-state index in [-0.39, 0.29) is 29.1 Å². The van der Waals surface area contributed by atoms with Gasteiger partial charge in [-0.2, -0.15) is 0 Å². The summed E-state index contributed by atoms with van der Waals surface area (Å²) < 4.78 is 35.0. The van der Waals surface area contributed by atoms with Crippen LogP contribution in [0, 0.1) is 0 Å². The zero-order valence-corrected chi connectivity index (χ0v) is 25.6. The van der Waals surface area contributed by atoms with Crippen LogP contribution in [0.3, 0.4) is 0 Å². The number of rotatable bonds is 13. The average molecular weight is 612 g/mol. The van der Waals surface area contributed by atoms with Crippen LogP contribution >= 0.6 is 11.6 Å². The summed E-state index contributed by atoms with van der Waals surface area (Å²) in [6.45, 7) is 3.58. The number of halogens is 1. The molecule has 1 fully saturated rings. The number of nitrogens with zero attached hydrogens (tertiary/aromatic N) is 2. The minimum absolute atomic E-state index is 0.0216. The van der Waals surface area contributed by atoms with Crippen LogP contribution < -0.4 is 14.4 Å². The first-order chi connectivity index (χ1) is 20.2. The molecule has 10 heteroatoms. The Hall–Kier alpha value is -3.56. The van der Waals surface area contributed by atoms with Gasteiger partial charge in [-0.25, -0.2) is 8.42 Å². The maximum absolute atomic E-state index is 14.3. The van der Waals surface area contributed by atoms with Gasteiger partial charge in [0.2, 0.25) is 11.8 Å². The summed E-state index contributed by atoms with van der Waals surface area (Å²) in [5.74, 6) is -0.405. The molecular formula is C32H38ClN3O5S. The first-order valence-electron chi connectivity index (χ1n) is 14.4. The molecule has 1 N–H and O–H groups in total. The summed E-state index contributed by atoms with van der Waals surface area (Å²) in [4.78, 5) is 29.3. The van der Waals surface area contributed by atoms with Crippen molar-refractivity contribution in [2.75, 3.05) is 17.5 Å². The molecule has 0 aromatic heterocycles. The van der Waals surface area contributed by atoms with Gasteiger partial charge in [0, 0.05) is 17.6 Å². The third-order valence-corrected chi connectivity index (χ3v) is 9.42. The first-order valence-corrected chi connectivity index (χ1v) is 16.2. The zero-order chi connectivity index (χ0) is 30.1. The minimum Gasteiger partial charge on any atom is -0.492 e. The molecule has 2 amide bonds. The molecule has 0 unspecified atom stereocenters. The van der Waals surface area contributed by atoms with Gasteiger partial charge in [0.1, 0.15) is 18.3 Å². The fraction of sp³-hybridized carbons (Fsp3) is 0.375. The number of hydrogen-bond acceptors (Lipinski definition) is 5. The lowest BCUT2D eigenvalue weighted by atomic mass is 10.1. The monoisotopic (exact) mass is 611 g/mol. The maximum atomic E-state index is 14.3. The smallest absolute Gasteiger partial charge is 0.264 e. The van der Waals surface area contributed by atoms with Crippen LogP contribution in [0.4, 0.5) is 5.69 Å². The number of carbonyl (C=O) groups excluding carboxylic acids is 2. The molecule has 1 atom stereocenters. The second-order valence-electron chi connectivity index (χ2n) is 10.3. The molecule has 0 radical (unpaired) electrons. The van der Waals surface area contributed by atoms with E-state index in [1.165, 1.54) is 29.2 Å². The standard InChI is InChI=1S/C32H38ClN3O5S/c1-3-28(32(38)34-26-14-8-9-15-26)35(22-24-12-6-5-7-13-24)31(37)23-36(29-16-10-11-17-30(29)41-4-2)42(39,40)27-20-18-25(33)19-21-27/h5-7,10-13,16-21,26,28H,3-4,8-9,14-15,22-23H2,1-2H3,(H,34,38)/t28-/m1/s1. The molecule has 0 bridgehead atoms. The maximum Gasteiger partial charge on any atom is 0.264 e. The number of anilines is 1. The molecule has 0 spiro atoms. The number of ether oxygens (including phenoxy) is 1. The van der Waals surface area contributed by atoms with E-state index >= 15 is 0 Å². The van der Waals surface area contributed by atoms with E-state index in [1.54, 1.807) is 31.2 Å². The van der Waals surface area contributed by atoms with Crippen LogP contribution in [-0.4, -0.2) is 50.4 Å². The molecule has 0 saturated heterocycles. The lowest BCUT2D eigenvalue weighted by molar-refractivity contribution is -0.140. The van der Waals surface area contributed by atoms with E-state index in [1.807, 2.05) is 37.3 Å². The largest absolute Gasteiger partial charge is 0.492 e. The van der Waals surface area contributed by atoms with E-state index in [2.05, 4.69) is 5.32 Å². The number of sulfonamides is 1. The topological polar surface area (TPSA) is 96.0 Å². The van der Waals surface area contributed by atoms with Crippen molar-refractivity contribution in [3.05, 3.63) is 89.4 Å². The Labute approximate surface area is 253 Å². The van der Waals surface area contributed by atoms with Gasteiger partial charge < -0.3 is 15.0 Å². The van der Waals surface area contributed by atoms with Crippen molar-refractivity contribution in [2.45, 2.75) is 69.5 Å². The fourth-order valence-electron chi connectivity index (χ4n) is 5.26. The van der Waals surface area contributed by atoms with Gasteiger partial charge >= 0.3 is 0 Å². The fourth-order valence-corrected chi connectivity index (χ4v) is 6.81. The van der Waals surface area contributed by atoms with Gasteiger partial charge in [-0.15, -0.1) is 0 Å². The van der Waals surface area contributed by atoms with Crippen LogP contribution in [0.2, 0.25) is 5.02 Å². The summed E-state index contributed by atoms with van der Waals surface area (Å²) >= 11 is 6.04. The molecule has 0 aliphatic heterocycles. The highest BCUT2D eigenvalue weighted by Crippen LogP contribution is 2.33. The zero-order valence-electron chi connectivity index (χ0n) is 24.0. The van der Waals surface area contributed by atoms with E-state index in [9.17, 15) is 18.0 Å². The molecule has 8 nitrogen and oxygen atoms in total. The van der Waals surface area contributed by atoms with Gasteiger partial charge in [-0.05, 0) is 68.1 Å². The van der Waals surface area contributed by atoms with Crippen molar-refractivity contribution in [2.24, 2.45) is 0 Å². The highest BCUT2D eigenvalue weighted by atomic mass is 35.5. The third-order valence-electron chi connectivity index (χ3n) is 7.40. The summed E-state index contributed by atoms with van der Waals surface area (Å²) in [5, 5.41) is 3.51. The van der Waals surface area contributed by atoms with Crippen LogP contribution in [0.5, 0.6) is 5.75 Å². The van der Waals surface area contributed by atoms with E-state index in [0.717, 1.165) is 35.6 Å². The van der Waals surface area contributed by atoms with Crippen molar-refractivity contribution in [3.8, 4) is 5.75 Å². The van der Waals surface area contributed by atoms with Crippen LogP contribution in [-0.2, 0) is 26.2 Å². The van der Waals surface area contributed by atoms with E-state index in [0.29, 0.717) is 23.8 Å². The Morgan fingerprint density at radius 3 is 2.24 bits per heavy atom. The van der Waals surface area contributed by atoms with E-state index in [4.69, 9.17) is 16.3 Å². The number of carbonyl (C=O) groups is 2. The minimum atomic E-state index is -4.24. The molecule has 4 rings (SSSR count). The predicted molar refractivity (Wildman–Crippen MR) is 165 cm³/mol. The summed E-state index contributed by atoms with van der Waals surface area (Å²) in [7, 11) is -4.24. The molecule has 1 aliphatic carbocycles. The van der Waals surface area contributed by atoms with Gasteiger partial charge in [-0.3, -0.25) is 13.9 Å². The van der Waals surface area contributed by atoms with Crippen molar-refractivity contribution >= 4 is 39.1 Å². The summed E-state index contributed by atoms with van der Waals surface area (Å²) in [6.07, 6.45) is 4.32. The number of amides is 2. The molecule has 1 aliphatic rings. The molecule has 224 valence electrons. The highest BCUT2D eigenvalue weighted by molar-refractivity contribution is 7.92. The number of para-hydroxylation sites is 2. The number of benzene rings is 3. The molecular weight excluding hydrogens is 574 g/mol. The molecule has 3 aromatic carbocycles. The SMILES string of the molecule is CCOc1ccccc1N(CC(=O)N(Cc1ccccc1)[C@H](CC)C(=O)NC1CCCC1)S(=O)(=O)c1ccc(Cl)cc1. The molecule has 1 saturated carbocycles. The van der Waals surface area contributed by atoms with Gasteiger partial charge in [-0.1, -0.05) is 73.8 Å². The van der Waals surface area contributed by atoms with Crippen molar-refractivity contribution in [3.63, 3.8) is 0 Å². The average Bonchev–Trinajstić information content (AvgIpc) is 3.50. The van der Waals surface area contributed by atoms with Crippen LogP contribution in [0.1, 0.15) is 51.5 Å². The first kappa shape index (κ1) is 31.4. The Balaban J connectivity index is 1.74. The highest BCUT2D eigenvalue weighted by Gasteiger charge is 2.35. The molecule has 3 aromatic rings. The predicted octanol–water partition coefficient (Wildman–Crippen LogP) is 5.80. The van der Waals surface area contributed by atoms with Crippen molar-refractivity contribution in [1.82, 2.24) is 10.2 Å². The van der Waals surface area contributed by atoms with E-state index < -0.39 is 28.5 Å². The van der Waals surface area contributed by atoms with Crippen LogP contribution in [0.25, 0.3) is 0 Å². The van der Waals surface area contributed by atoms with Crippen molar-refractivity contribution < 1.29 is 22.7 Å². The molecule has 0 heterocycles. The van der Waals surface area contributed by atoms with Crippen molar-refractivity contribution in [1.29, 1.82) is 0 Å².